The van der Waals surface area contributed by atoms with E-state index in [0.29, 0.717) is 39.3 Å². The van der Waals surface area contributed by atoms with Gasteiger partial charge in [0.25, 0.3) is 0 Å². The van der Waals surface area contributed by atoms with Crippen LogP contribution in [0.2, 0.25) is 0 Å². The molecule has 1 amide bonds. The lowest BCUT2D eigenvalue weighted by Crippen LogP contribution is -2.47. The Morgan fingerprint density at radius 1 is 1.11 bits per heavy atom. The Morgan fingerprint density at radius 2 is 1.81 bits per heavy atom. The van der Waals surface area contributed by atoms with E-state index in [4.69, 9.17) is 18.9 Å². The number of benzene rings is 1. The van der Waals surface area contributed by atoms with Gasteiger partial charge in [0.15, 0.2) is 17.3 Å². The quantitative estimate of drug-likeness (QED) is 0.693. The van der Waals surface area contributed by atoms with Crippen molar-refractivity contribution in [3.63, 3.8) is 0 Å². The molecule has 7 nitrogen and oxygen atoms in total. The summed E-state index contributed by atoms with van der Waals surface area (Å²) >= 11 is 0. The molecule has 27 heavy (non-hydrogen) atoms. The van der Waals surface area contributed by atoms with Gasteiger partial charge in [-0.05, 0) is 30.7 Å². The summed E-state index contributed by atoms with van der Waals surface area (Å²) in [5, 5.41) is 3.35. The van der Waals surface area contributed by atoms with E-state index in [-0.39, 0.29) is 5.91 Å². The summed E-state index contributed by atoms with van der Waals surface area (Å²) < 4.78 is 22.0. The highest BCUT2D eigenvalue weighted by Crippen LogP contribution is 2.31. The van der Waals surface area contributed by atoms with Crippen molar-refractivity contribution in [3.8, 4) is 11.5 Å². The van der Waals surface area contributed by atoms with E-state index < -0.39 is 5.79 Å². The van der Waals surface area contributed by atoms with Gasteiger partial charge >= 0.3 is 0 Å². The summed E-state index contributed by atoms with van der Waals surface area (Å²) in [4.78, 5) is 14.3. The van der Waals surface area contributed by atoms with Gasteiger partial charge in [-0.2, -0.15) is 0 Å². The first-order chi connectivity index (χ1) is 13.2. The summed E-state index contributed by atoms with van der Waals surface area (Å²) in [6.45, 7) is 4.25. The smallest absolute Gasteiger partial charge is 0.223 e. The molecule has 0 saturated carbocycles. The lowest BCUT2D eigenvalue weighted by molar-refractivity contribution is -0.187. The van der Waals surface area contributed by atoms with Crippen LogP contribution in [0.3, 0.4) is 0 Å². The van der Waals surface area contributed by atoms with Crippen LogP contribution >= 0.6 is 0 Å². The fraction of sp³-hybridized carbons (Fsp3) is 0.650. The lowest BCUT2D eigenvalue weighted by Gasteiger charge is -2.37. The van der Waals surface area contributed by atoms with Gasteiger partial charge in [-0.25, -0.2) is 0 Å². The summed E-state index contributed by atoms with van der Waals surface area (Å²) in [5.74, 6) is 1.25. The highest BCUT2D eigenvalue weighted by molar-refractivity contribution is 5.76. The number of hydrogen-bond acceptors (Lipinski definition) is 6. The number of likely N-dealkylation sites (tertiary alicyclic amines) is 1. The van der Waals surface area contributed by atoms with E-state index in [2.05, 4.69) is 5.32 Å². The van der Waals surface area contributed by atoms with Gasteiger partial charge < -0.3 is 29.2 Å². The molecule has 1 aromatic carbocycles. The summed E-state index contributed by atoms with van der Waals surface area (Å²) in [6, 6.07) is 5.94. The summed E-state index contributed by atoms with van der Waals surface area (Å²) in [6.07, 6.45) is 2.92. The molecule has 0 aliphatic carbocycles. The Labute approximate surface area is 160 Å². The molecule has 2 saturated heterocycles. The zero-order valence-corrected chi connectivity index (χ0v) is 16.3. The van der Waals surface area contributed by atoms with Crippen LogP contribution in [0.15, 0.2) is 18.2 Å². The number of carbonyl (C=O) groups is 1. The van der Waals surface area contributed by atoms with Gasteiger partial charge in [0.2, 0.25) is 5.91 Å². The van der Waals surface area contributed by atoms with Crippen molar-refractivity contribution in [1.29, 1.82) is 0 Å². The van der Waals surface area contributed by atoms with Crippen LogP contribution in [0.1, 0.15) is 24.8 Å². The van der Waals surface area contributed by atoms with Gasteiger partial charge in [-0.15, -0.1) is 0 Å². The number of rotatable bonds is 8. The third kappa shape index (κ3) is 5.12. The second-order valence-corrected chi connectivity index (χ2v) is 6.93. The van der Waals surface area contributed by atoms with Crippen molar-refractivity contribution < 1.29 is 23.7 Å². The average molecular weight is 378 g/mol. The van der Waals surface area contributed by atoms with Crippen LogP contribution in [0.25, 0.3) is 0 Å². The second-order valence-electron chi connectivity index (χ2n) is 6.93. The summed E-state index contributed by atoms with van der Waals surface area (Å²) in [7, 11) is 3.27. The van der Waals surface area contributed by atoms with Gasteiger partial charge in [-0.3, -0.25) is 4.79 Å². The first-order valence-corrected chi connectivity index (χ1v) is 9.63. The molecule has 1 aromatic rings. The number of ether oxygens (including phenoxy) is 4. The first kappa shape index (κ1) is 19.9. The minimum atomic E-state index is -0.422. The predicted octanol–water partition coefficient (Wildman–Crippen LogP) is 1.59. The summed E-state index contributed by atoms with van der Waals surface area (Å²) in [5.41, 5.74) is 1.17. The molecule has 2 fully saturated rings. The maximum absolute atomic E-state index is 12.4. The highest BCUT2D eigenvalue weighted by atomic mass is 16.7. The first-order valence-electron chi connectivity index (χ1n) is 9.63. The Kier molecular flexibility index (Phi) is 6.93. The number of piperidine rings is 1. The number of hydrogen-bond donors (Lipinski definition) is 1. The van der Waals surface area contributed by atoms with E-state index in [1.165, 1.54) is 5.56 Å². The Balaban J connectivity index is 1.33. The fourth-order valence-corrected chi connectivity index (χ4v) is 3.63. The molecule has 1 N–H and O–H groups in total. The number of amides is 1. The topological polar surface area (TPSA) is 69.3 Å². The van der Waals surface area contributed by atoms with Crippen LogP contribution in [-0.4, -0.2) is 70.2 Å². The molecule has 0 atom stereocenters. The molecule has 150 valence electrons. The highest BCUT2D eigenvalue weighted by Gasteiger charge is 2.40. The molecule has 0 aromatic heterocycles. The van der Waals surface area contributed by atoms with Crippen molar-refractivity contribution in [3.05, 3.63) is 23.8 Å². The largest absolute Gasteiger partial charge is 0.493 e. The molecule has 0 unspecified atom stereocenters. The maximum atomic E-state index is 12.4. The van der Waals surface area contributed by atoms with Gasteiger partial charge in [0.05, 0.1) is 27.4 Å². The van der Waals surface area contributed by atoms with Crippen molar-refractivity contribution >= 4 is 5.91 Å². The van der Waals surface area contributed by atoms with Crippen molar-refractivity contribution in [2.45, 2.75) is 31.5 Å². The van der Waals surface area contributed by atoms with Crippen LogP contribution in [0, 0.1) is 0 Å². The molecule has 0 bridgehead atoms. The minimum Gasteiger partial charge on any atom is -0.493 e. The molecule has 7 heteroatoms. The van der Waals surface area contributed by atoms with Gasteiger partial charge in [0, 0.05) is 38.9 Å². The minimum absolute atomic E-state index is 0.196. The molecule has 2 heterocycles. The number of nitrogens with one attached hydrogen (secondary N) is 1. The molecular weight excluding hydrogens is 348 g/mol. The number of methoxy groups -OCH3 is 2. The molecular formula is C20H30N2O5. The Hall–Kier alpha value is -1.83. The molecule has 1 spiro atoms. The van der Waals surface area contributed by atoms with E-state index >= 15 is 0 Å². The maximum Gasteiger partial charge on any atom is 0.223 e. The molecule has 0 radical (unpaired) electrons. The molecule has 2 aliphatic heterocycles. The normalized spacial score (nSPS) is 18.7. The standard InChI is InChI=1S/C20H30N2O5/c1-24-17-4-3-16(15-18(17)25-2)5-9-21-10-6-19(23)22-11-7-20(8-12-22)26-13-14-27-20/h3-4,15,21H,5-14H2,1-2H3. The molecule has 3 rings (SSSR count). The zero-order valence-electron chi connectivity index (χ0n) is 16.3. The Morgan fingerprint density at radius 3 is 2.48 bits per heavy atom. The Bertz CT molecular complexity index is 621. The van der Waals surface area contributed by atoms with Crippen LogP contribution in [-0.2, 0) is 20.7 Å². The van der Waals surface area contributed by atoms with Crippen LogP contribution < -0.4 is 14.8 Å². The van der Waals surface area contributed by atoms with Crippen molar-refractivity contribution in [1.82, 2.24) is 10.2 Å². The third-order valence-corrected chi connectivity index (χ3v) is 5.25. The second kappa shape index (κ2) is 9.39. The third-order valence-electron chi connectivity index (χ3n) is 5.25. The zero-order chi connectivity index (χ0) is 19.1. The average Bonchev–Trinajstić information content (AvgIpc) is 3.15. The predicted molar refractivity (Wildman–Crippen MR) is 101 cm³/mol. The number of nitrogens with zero attached hydrogens (tertiary/aromatic N) is 1. The fourth-order valence-electron chi connectivity index (χ4n) is 3.63. The SMILES string of the molecule is COc1ccc(CCNCCC(=O)N2CCC3(CC2)OCCO3)cc1OC. The molecule has 2 aliphatic rings. The van der Waals surface area contributed by atoms with Crippen molar-refractivity contribution in [2.75, 3.05) is 53.6 Å². The van der Waals surface area contributed by atoms with E-state index in [1.807, 2.05) is 23.1 Å². The number of carbonyl (C=O) groups excluding carboxylic acids is 1. The van der Waals surface area contributed by atoms with E-state index in [1.54, 1.807) is 14.2 Å². The van der Waals surface area contributed by atoms with Gasteiger partial charge in [0.1, 0.15) is 0 Å². The van der Waals surface area contributed by atoms with Crippen LogP contribution in [0.4, 0.5) is 0 Å². The van der Waals surface area contributed by atoms with E-state index in [9.17, 15) is 4.79 Å². The van der Waals surface area contributed by atoms with E-state index in [0.717, 1.165) is 37.3 Å². The van der Waals surface area contributed by atoms with Crippen LogP contribution in [0.5, 0.6) is 11.5 Å². The lowest BCUT2D eigenvalue weighted by atomic mass is 10.0. The van der Waals surface area contributed by atoms with Crippen molar-refractivity contribution in [2.24, 2.45) is 0 Å². The van der Waals surface area contributed by atoms with Gasteiger partial charge in [-0.1, -0.05) is 6.07 Å². The monoisotopic (exact) mass is 378 g/mol.